The van der Waals surface area contributed by atoms with Gasteiger partial charge in [0.2, 0.25) is 5.82 Å². The van der Waals surface area contributed by atoms with E-state index in [-0.39, 0.29) is 11.1 Å². The third-order valence-electron chi connectivity index (χ3n) is 2.37. The molecule has 0 saturated heterocycles. The van der Waals surface area contributed by atoms with Gasteiger partial charge in [-0.2, -0.15) is 0 Å². The molecule has 0 radical (unpaired) electrons. The van der Waals surface area contributed by atoms with Crippen LogP contribution in [0.2, 0.25) is 0 Å². The molecule has 1 atom stereocenters. The van der Waals surface area contributed by atoms with Crippen LogP contribution in [0.1, 0.15) is 0 Å². The van der Waals surface area contributed by atoms with Crippen LogP contribution in [0.3, 0.4) is 0 Å². The average Bonchev–Trinajstić information content (AvgIpc) is 2.50. The summed E-state index contributed by atoms with van der Waals surface area (Å²) in [5, 5.41) is 8.59. The van der Waals surface area contributed by atoms with Crippen molar-refractivity contribution in [3.8, 4) is 5.75 Å². The Bertz CT molecular complexity index is 645. The molecule has 0 heterocycles. The zero-order valence-electron chi connectivity index (χ0n) is 10.4. The summed E-state index contributed by atoms with van der Waals surface area (Å²) < 4.78 is 65.7. The average molecular weight is 411 g/mol. The van der Waals surface area contributed by atoms with E-state index >= 15 is 0 Å². The Hall–Kier alpha value is -0.386. The first-order chi connectivity index (χ1) is 10.3. The first-order valence-electron chi connectivity index (χ1n) is 5.37. The fraction of sp³-hybridized carbons (Fsp3) is 0. The maximum atomic E-state index is 13.4. The van der Waals surface area contributed by atoms with Crippen LogP contribution in [0.25, 0.3) is 0 Å². The molecule has 2 aromatic rings. The van der Waals surface area contributed by atoms with Gasteiger partial charge >= 0.3 is 35.6 Å². The summed E-state index contributed by atoms with van der Waals surface area (Å²) in [7, 11) is 8.89. The van der Waals surface area contributed by atoms with Crippen molar-refractivity contribution in [1.29, 1.82) is 0 Å². The van der Waals surface area contributed by atoms with E-state index < -0.39 is 60.0 Å². The summed E-state index contributed by atoms with van der Waals surface area (Å²) in [6.07, 6.45) is 0. The number of phenols is 1. The monoisotopic (exact) mass is 410 g/mol. The van der Waals surface area contributed by atoms with Gasteiger partial charge in [0.05, 0.1) is 5.30 Å². The van der Waals surface area contributed by atoms with Gasteiger partial charge in [-0.25, -0.2) is 22.0 Å². The molecule has 22 heavy (non-hydrogen) atoms. The quantitative estimate of drug-likeness (QED) is 0.260. The molecule has 0 aromatic heterocycles. The van der Waals surface area contributed by atoms with E-state index in [1.54, 1.807) is 0 Å². The van der Waals surface area contributed by atoms with Crippen LogP contribution in [0.5, 0.6) is 5.75 Å². The number of hydrogen-bond donors (Lipinski definition) is 1. The van der Waals surface area contributed by atoms with Crippen molar-refractivity contribution in [2.75, 3.05) is 0 Å². The molecule has 1 nitrogen and oxygen atoms in total. The van der Waals surface area contributed by atoms with Crippen LogP contribution in [0.15, 0.2) is 24.3 Å². The Kier molecular flexibility index (Phi) is 8.08. The van der Waals surface area contributed by atoms with Gasteiger partial charge in [0.1, 0.15) is 5.75 Å². The summed E-state index contributed by atoms with van der Waals surface area (Å²) in [4.78, 5) is 0. The molecule has 1 N–H and O–H groups in total. The number of rotatable bonds is 2. The van der Waals surface area contributed by atoms with Crippen molar-refractivity contribution in [1.82, 2.24) is 0 Å². The van der Waals surface area contributed by atoms with Gasteiger partial charge in [-0.3, -0.25) is 0 Å². The fourth-order valence-electron chi connectivity index (χ4n) is 1.43. The van der Waals surface area contributed by atoms with Crippen molar-refractivity contribution >= 4 is 37.8 Å². The molecule has 0 aliphatic carbocycles. The second-order valence-electron chi connectivity index (χ2n) is 3.66. The minimum atomic E-state index is -2.19. The van der Waals surface area contributed by atoms with Crippen LogP contribution in [-0.4, -0.2) is 5.11 Å². The van der Waals surface area contributed by atoms with E-state index in [4.69, 9.17) is 18.6 Å². The van der Waals surface area contributed by atoms with E-state index in [9.17, 15) is 27.1 Å². The predicted octanol–water partition coefficient (Wildman–Crippen LogP) is 4.09. The first kappa shape index (κ1) is 19.7. The number of halogens is 7. The molecule has 0 fully saturated rings. The number of phenolic OH excluding ortho intramolecular Hbond substituents is 1. The van der Waals surface area contributed by atoms with Gasteiger partial charge in [0.15, 0.2) is 23.3 Å². The molecule has 10 heteroatoms. The molecule has 0 saturated carbocycles. The van der Waals surface area contributed by atoms with Crippen LogP contribution in [0.4, 0.5) is 22.0 Å². The Morgan fingerprint density at radius 3 is 1.68 bits per heavy atom. The van der Waals surface area contributed by atoms with Crippen LogP contribution in [-0.2, 0) is 17.0 Å². The van der Waals surface area contributed by atoms with E-state index in [0.717, 1.165) is 0 Å². The Labute approximate surface area is 140 Å². The second kappa shape index (κ2) is 9.04. The normalized spacial score (nSPS) is 10.5. The standard InChI is InChI=1S/C12H6F5OP.2ClH.Ti/c13-7-8(14)10(16)12(11(17)9(7)15)19-6-4-2-1-3-5(6)18;;;/h1-4,18-19H;2*1H;/q;;;+2/p-2. The van der Waals surface area contributed by atoms with Crippen LogP contribution >= 0.6 is 27.2 Å². The molecular formula is C12H6Cl2F5OPTi. The summed E-state index contributed by atoms with van der Waals surface area (Å²) in [5.41, 5.74) is 0. The van der Waals surface area contributed by atoms with Crippen molar-refractivity contribution in [2.24, 2.45) is 0 Å². The minimum absolute atomic E-state index is 0.0886. The summed E-state index contributed by atoms with van der Waals surface area (Å²) >= 11 is -0.556. The van der Waals surface area contributed by atoms with E-state index in [1.165, 1.54) is 24.3 Å². The summed E-state index contributed by atoms with van der Waals surface area (Å²) in [5.74, 6) is -10.2. The van der Waals surface area contributed by atoms with Crippen LogP contribution < -0.4 is 10.6 Å². The second-order valence-corrected chi connectivity index (χ2v) is 7.53. The topological polar surface area (TPSA) is 20.2 Å². The van der Waals surface area contributed by atoms with Gasteiger partial charge in [-0.1, -0.05) is 18.2 Å². The molecule has 0 spiro atoms. The number of hydrogen-bond acceptors (Lipinski definition) is 1. The molecule has 0 bridgehead atoms. The van der Waals surface area contributed by atoms with E-state index in [0.29, 0.717) is 0 Å². The van der Waals surface area contributed by atoms with Crippen molar-refractivity contribution in [3.05, 3.63) is 53.4 Å². The van der Waals surface area contributed by atoms with Crippen molar-refractivity contribution in [3.63, 3.8) is 0 Å². The van der Waals surface area contributed by atoms with Gasteiger partial charge < -0.3 is 5.11 Å². The van der Waals surface area contributed by atoms with Crippen LogP contribution in [0, 0.1) is 29.1 Å². The van der Waals surface area contributed by atoms with E-state index in [2.05, 4.69) is 0 Å². The molecule has 0 amide bonds. The van der Waals surface area contributed by atoms with Crippen molar-refractivity contribution in [2.45, 2.75) is 0 Å². The molecule has 0 aliphatic heterocycles. The summed E-state index contributed by atoms with van der Waals surface area (Å²) in [6, 6.07) is 5.55. The third-order valence-corrected chi connectivity index (χ3v) is 3.75. The maximum absolute atomic E-state index is 13.4. The Balaban J connectivity index is 0.000000745. The zero-order valence-corrected chi connectivity index (χ0v) is 14.5. The SMILES string of the molecule is Oc1ccccc1Pc1c(F)c(F)c(F)c(F)c1F.[Cl][Ti][Cl]. The third kappa shape index (κ3) is 4.56. The Morgan fingerprint density at radius 2 is 1.23 bits per heavy atom. The molecular weight excluding hydrogens is 405 g/mol. The van der Waals surface area contributed by atoms with Gasteiger partial charge in [0.25, 0.3) is 0 Å². The van der Waals surface area contributed by atoms with E-state index in [1.807, 2.05) is 0 Å². The summed E-state index contributed by atoms with van der Waals surface area (Å²) in [6.45, 7) is 0. The first-order valence-corrected chi connectivity index (χ1v) is 10.7. The predicted molar refractivity (Wildman–Crippen MR) is 73.6 cm³/mol. The fourth-order valence-corrected chi connectivity index (χ4v) is 2.53. The zero-order chi connectivity index (χ0) is 16.9. The molecule has 1 unspecified atom stereocenters. The molecule has 2 rings (SSSR count). The van der Waals surface area contributed by atoms with Gasteiger partial charge in [-0.15, -0.1) is 0 Å². The van der Waals surface area contributed by atoms with Crippen molar-refractivity contribution < 1.29 is 44.1 Å². The number of para-hydroxylation sites is 1. The van der Waals surface area contributed by atoms with Gasteiger partial charge in [-0.05, 0) is 14.6 Å². The molecule has 118 valence electrons. The number of benzene rings is 2. The van der Waals surface area contributed by atoms with Gasteiger partial charge in [0, 0.05) is 5.30 Å². The molecule has 0 aliphatic rings. The molecule has 2 aromatic carbocycles. The number of aromatic hydroxyl groups is 1. The Morgan fingerprint density at radius 1 is 0.818 bits per heavy atom.